The summed E-state index contributed by atoms with van der Waals surface area (Å²) in [5.41, 5.74) is 3.31. The Kier molecular flexibility index (Phi) is 5.26. The molecule has 1 atom stereocenters. The van der Waals surface area contributed by atoms with Gasteiger partial charge in [0.25, 0.3) is 0 Å². The van der Waals surface area contributed by atoms with Crippen LogP contribution in [0.25, 0.3) is 0 Å². The summed E-state index contributed by atoms with van der Waals surface area (Å²) >= 11 is 0. The third-order valence-electron chi connectivity index (χ3n) is 2.69. The number of anilines is 1. The fourth-order valence-electron chi connectivity index (χ4n) is 1.71. The molecule has 0 saturated heterocycles. The number of terminal acetylenes is 1. The minimum atomic E-state index is -0.484. The summed E-state index contributed by atoms with van der Waals surface area (Å²) in [5.74, 6) is 2.02. The van der Waals surface area contributed by atoms with E-state index in [1.165, 1.54) is 5.56 Å². The maximum absolute atomic E-state index is 11.5. The smallest absolute Gasteiger partial charge is 0.326 e. The van der Waals surface area contributed by atoms with Crippen molar-refractivity contribution >= 4 is 11.7 Å². The summed E-state index contributed by atoms with van der Waals surface area (Å²) in [4.78, 5) is 11.5. The predicted molar refractivity (Wildman–Crippen MR) is 73.4 cm³/mol. The van der Waals surface area contributed by atoms with E-state index in [4.69, 9.17) is 11.2 Å². The first kappa shape index (κ1) is 14.1. The van der Waals surface area contributed by atoms with E-state index in [2.05, 4.69) is 18.2 Å². The number of nitrogens with one attached hydrogen (secondary N) is 1. The first-order chi connectivity index (χ1) is 8.58. The fourth-order valence-corrected chi connectivity index (χ4v) is 1.71. The summed E-state index contributed by atoms with van der Waals surface area (Å²) in [6.07, 6.45) is 5.58. The van der Waals surface area contributed by atoms with Crippen LogP contribution in [0.2, 0.25) is 0 Å². The number of aryl methyl sites for hydroxylation is 2. The number of esters is 1. The first-order valence-electron chi connectivity index (χ1n) is 6.06. The summed E-state index contributed by atoms with van der Waals surface area (Å²) < 4.78 is 5.00. The monoisotopic (exact) mass is 245 g/mol. The van der Waals surface area contributed by atoms with Gasteiger partial charge < -0.3 is 10.1 Å². The summed E-state index contributed by atoms with van der Waals surface area (Å²) in [6.45, 7) is 5.89. The number of hydrogen-bond acceptors (Lipinski definition) is 3. The summed E-state index contributed by atoms with van der Waals surface area (Å²) in [6, 6.07) is 6.07. The van der Waals surface area contributed by atoms with Gasteiger partial charge in [-0.15, -0.1) is 6.42 Å². The molecule has 0 aliphatic carbocycles. The number of hydrogen-bond donors (Lipinski definition) is 1. The SMILES string of the molecule is C#CC(C)OC(=O)CNc1c(C)cccc1CC. The van der Waals surface area contributed by atoms with Crippen LogP contribution in [-0.2, 0) is 16.0 Å². The molecule has 1 rings (SSSR count). The van der Waals surface area contributed by atoms with Crippen molar-refractivity contribution in [3.05, 3.63) is 29.3 Å². The van der Waals surface area contributed by atoms with Gasteiger partial charge in [-0.05, 0) is 31.4 Å². The molecule has 3 nitrogen and oxygen atoms in total. The van der Waals surface area contributed by atoms with Gasteiger partial charge in [-0.3, -0.25) is 4.79 Å². The lowest BCUT2D eigenvalue weighted by Crippen LogP contribution is -2.21. The highest BCUT2D eigenvalue weighted by Gasteiger charge is 2.09. The first-order valence-corrected chi connectivity index (χ1v) is 6.06. The maximum Gasteiger partial charge on any atom is 0.326 e. The average Bonchev–Trinajstić information content (AvgIpc) is 2.36. The van der Waals surface area contributed by atoms with Gasteiger partial charge >= 0.3 is 5.97 Å². The Morgan fingerprint density at radius 1 is 1.56 bits per heavy atom. The van der Waals surface area contributed by atoms with Crippen molar-refractivity contribution in [1.82, 2.24) is 0 Å². The van der Waals surface area contributed by atoms with Crippen molar-refractivity contribution in [2.24, 2.45) is 0 Å². The Labute approximate surface area is 109 Å². The van der Waals surface area contributed by atoms with Gasteiger partial charge in [-0.2, -0.15) is 0 Å². The van der Waals surface area contributed by atoms with Gasteiger partial charge in [0.05, 0.1) is 0 Å². The van der Waals surface area contributed by atoms with Gasteiger partial charge in [-0.1, -0.05) is 31.0 Å². The molecule has 0 bridgehead atoms. The van der Waals surface area contributed by atoms with E-state index < -0.39 is 6.10 Å². The lowest BCUT2D eigenvalue weighted by molar-refractivity contribution is -0.143. The van der Waals surface area contributed by atoms with Crippen molar-refractivity contribution in [3.63, 3.8) is 0 Å². The van der Waals surface area contributed by atoms with E-state index in [9.17, 15) is 4.79 Å². The lowest BCUT2D eigenvalue weighted by Gasteiger charge is -2.14. The van der Waals surface area contributed by atoms with Crippen molar-refractivity contribution in [2.45, 2.75) is 33.3 Å². The molecule has 0 aliphatic rings. The second-order valence-corrected chi connectivity index (χ2v) is 4.11. The highest BCUT2D eigenvalue weighted by atomic mass is 16.5. The number of benzene rings is 1. The van der Waals surface area contributed by atoms with Crippen molar-refractivity contribution in [2.75, 3.05) is 11.9 Å². The zero-order valence-corrected chi connectivity index (χ0v) is 11.1. The van der Waals surface area contributed by atoms with E-state index in [0.29, 0.717) is 0 Å². The molecule has 1 unspecified atom stereocenters. The predicted octanol–water partition coefficient (Wildman–Crippen LogP) is 2.53. The van der Waals surface area contributed by atoms with Crippen LogP contribution in [0.1, 0.15) is 25.0 Å². The molecule has 3 heteroatoms. The largest absolute Gasteiger partial charge is 0.448 e. The second-order valence-electron chi connectivity index (χ2n) is 4.11. The number of rotatable bonds is 5. The Morgan fingerprint density at radius 2 is 2.28 bits per heavy atom. The van der Waals surface area contributed by atoms with E-state index in [1.54, 1.807) is 6.92 Å². The van der Waals surface area contributed by atoms with Crippen LogP contribution in [0.4, 0.5) is 5.69 Å². The number of carbonyl (C=O) groups excluding carboxylic acids is 1. The molecule has 0 aromatic heterocycles. The van der Waals surface area contributed by atoms with Gasteiger partial charge in [0.15, 0.2) is 6.10 Å². The molecule has 0 radical (unpaired) electrons. The average molecular weight is 245 g/mol. The number of carbonyl (C=O) groups is 1. The van der Waals surface area contributed by atoms with E-state index >= 15 is 0 Å². The van der Waals surface area contributed by atoms with Crippen LogP contribution >= 0.6 is 0 Å². The third kappa shape index (κ3) is 3.81. The van der Waals surface area contributed by atoms with Crippen LogP contribution < -0.4 is 5.32 Å². The topological polar surface area (TPSA) is 38.3 Å². The van der Waals surface area contributed by atoms with Crippen LogP contribution in [0.3, 0.4) is 0 Å². The van der Waals surface area contributed by atoms with E-state index in [-0.39, 0.29) is 12.5 Å². The molecule has 0 heterocycles. The molecular weight excluding hydrogens is 226 g/mol. The summed E-state index contributed by atoms with van der Waals surface area (Å²) in [7, 11) is 0. The number of ether oxygens (including phenoxy) is 1. The maximum atomic E-state index is 11.5. The molecule has 0 aliphatic heterocycles. The Bertz CT molecular complexity index is 460. The van der Waals surface area contributed by atoms with Crippen molar-refractivity contribution in [3.8, 4) is 12.3 Å². The normalized spacial score (nSPS) is 11.4. The molecule has 1 N–H and O–H groups in total. The lowest BCUT2D eigenvalue weighted by atomic mass is 10.1. The highest BCUT2D eigenvalue weighted by Crippen LogP contribution is 2.20. The van der Waals surface area contributed by atoms with E-state index in [0.717, 1.165) is 17.7 Å². The zero-order valence-electron chi connectivity index (χ0n) is 11.1. The molecule has 0 fully saturated rings. The molecule has 1 aromatic rings. The quantitative estimate of drug-likeness (QED) is 0.640. The Hall–Kier alpha value is -1.95. The van der Waals surface area contributed by atoms with Crippen molar-refractivity contribution in [1.29, 1.82) is 0 Å². The summed E-state index contributed by atoms with van der Waals surface area (Å²) in [5, 5.41) is 3.12. The van der Waals surface area contributed by atoms with Crippen LogP contribution in [-0.4, -0.2) is 18.6 Å². The van der Waals surface area contributed by atoms with Gasteiger partial charge in [0, 0.05) is 5.69 Å². The minimum absolute atomic E-state index is 0.129. The van der Waals surface area contributed by atoms with E-state index in [1.807, 2.05) is 25.1 Å². The molecule has 96 valence electrons. The molecule has 18 heavy (non-hydrogen) atoms. The van der Waals surface area contributed by atoms with Gasteiger partial charge in [-0.25, -0.2) is 0 Å². The molecular formula is C15H19NO2. The van der Waals surface area contributed by atoms with Crippen LogP contribution in [0, 0.1) is 19.3 Å². The van der Waals surface area contributed by atoms with Gasteiger partial charge in [0.2, 0.25) is 0 Å². The molecule has 0 spiro atoms. The third-order valence-corrected chi connectivity index (χ3v) is 2.69. The molecule has 0 saturated carbocycles. The molecule has 0 amide bonds. The Balaban J connectivity index is 2.64. The van der Waals surface area contributed by atoms with Crippen LogP contribution in [0.15, 0.2) is 18.2 Å². The second kappa shape index (κ2) is 6.70. The minimum Gasteiger partial charge on any atom is -0.448 e. The fraction of sp³-hybridized carbons (Fsp3) is 0.400. The highest BCUT2D eigenvalue weighted by molar-refractivity contribution is 5.76. The standard InChI is InChI=1S/C15H19NO2/c1-5-12(4)18-14(17)10-16-15-11(3)8-7-9-13(15)6-2/h1,7-9,12,16H,6,10H2,2-4H3. The zero-order chi connectivity index (χ0) is 13.5. The van der Waals surface area contributed by atoms with Gasteiger partial charge in [0.1, 0.15) is 6.54 Å². The molecule has 1 aromatic carbocycles. The Morgan fingerprint density at radius 3 is 2.89 bits per heavy atom. The van der Waals surface area contributed by atoms with Crippen molar-refractivity contribution < 1.29 is 9.53 Å². The van der Waals surface area contributed by atoms with Crippen LogP contribution in [0.5, 0.6) is 0 Å². The number of para-hydroxylation sites is 1.